The van der Waals surface area contributed by atoms with Gasteiger partial charge in [-0.2, -0.15) is 0 Å². The van der Waals surface area contributed by atoms with Crippen LogP contribution in [0, 0.1) is 11.3 Å². The summed E-state index contributed by atoms with van der Waals surface area (Å²) in [5.74, 6) is 0.910. The van der Waals surface area contributed by atoms with E-state index in [0.29, 0.717) is 5.41 Å². The molecular weight excluding hydrogens is 270 g/mol. The number of nitrogens with zero attached hydrogens (tertiary/aromatic N) is 1. The van der Waals surface area contributed by atoms with Gasteiger partial charge in [0, 0.05) is 18.7 Å². The Hall–Kier alpha value is -1.31. The third-order valence-corrected chi connectivity index (χ3v) is 5.00. The van der Waals surface area contributed by atoms with E-state index < -0.39 is 0 Å². The maximum atomic E-state index is 12.6. The normalized spacial score (nSPS) is 17.6. The number of carbonyl (C=O) groups is 1. The van der Waals surface area contributed by atoms with Gasteiger partial charge >= 0.3 is 0 Å². The van der Waals surface area contributed by atoms with E-state index in [-0.39, 0.29) is 11.3 Å². The zero-order valence-corrected chi connectivity index (χ0v) is 15.1. The van der Waals surface area contributed by atoms with Gasteiger partial charge in [0.25, 0.3) is 5.91 Å². The lowest BCUT2D eigenvalue weighted by Gasteiger charge is -2.38. The van der Waals surface area contributed by atoms with Crippen molar-refractivity contribution in [2.45, 2.75) is 59.8 Å². The fourth-order valence-corrected chi connectivity index (χ4v) is 3.24. The molecule has 0 bridgehead atoms. The first-order valence-electron chi connectivity index (χ1n) is 8.49. The Kier molecular flexibility index (Phi) is 4.70. The van der Waals surface area contributed by atoms with Crippen LogP contribution in [-0.2, 0) is 5.41 Å². The van der Waals surface area contributed by atoms with Crippen LogP contribution in [0.1, 0.15) is 70.3 Å². The largest absolute Gasteiger partial charge is 0.339 e. The molecule has 1 heterocycles. The number of benzene rings is 1. The summed E-state index contributed by atoms with van der Waals surface area (Å²) in [4.78, 5) is 14.7. The van der Waals surface area contributed by atoms with Gasteiger partial charge in [-0.1, -0.05) is 53.7 Å². The average Bonchev–Trinajstić information content (AvgIpc) is 2.45. The summed E-state index contributed by atoms with van der Waals surface area (Å²) < 4.78 is 0. The number of carbonyl (C=O) groups excluding carboxylic acids is 1. The van der Waals surface area contributed by atoms with Crippen molar-refractivity contribution in [2.75, 3.05) is 13.1 Å². The maximum Gasteiger partial charge on any atom is 0.253 e. The first kappa shape index (κ1) is 17.1. The van der Waals surface area contributed by atoms with Crippen LogP contribution in [0.4, 0.5) is 0 Å². The highest BCUT2D eigenvalue weighted by Crippen LogP contribution is 2.34. The highest BCUT2D eigenvalue weighted by Gasteiger charge is 2.30. The van der Waals surface area contributed by atoms with E-state index in [1.165, 1.54) is 5.56 Å². The first-order chi connectivity index (χ1) is 10.1. The summed E-state index contributed by atoms with van der Waals surface area (Å²) in [5.41, 5.74) is 2.58. The molecule has 1 fully saturated rings. The molecule has 2 nitrogen and oxygen atoms in total. The van der Waals surface area contributed by atoms with Crippen LogP contribution in [-0.4, -0.2) is 23.9 Å². The van der Waals surface area contributed by atoms with Gasteiger partial charge in [-0.15, -0.1) is 0 Å². The van der Waals surface area contributed by atoms with Crippen molar-refractivity contribution in [3.8, 4) is 0 Å². The van der Waals surface area contributed by atoms with Gasteiger partial charge in [-0.05, 0) is 47.3 Å². The van der Waals surface area contributed by atoms with Gasteiger partial charge in [-0.3, -0.25) is 4.79 Å². The van der Waals surface area contributed by atoms with Crippen LogP contribution in [0.2, 0.25) is 0 Å². The topological polar surface area (TPSA) is 20.3 Å². The van der Waals surface area contributed by atoms with E-state index >= 15 is 0 Å². The molecule has 1 saturated heterocycles. The predicted molar refractivity (Wildman–Crippen MR) is 93.2 cm³/mol. The quantitative estimate of drug-likeness (QED) is 0.723. The third kappa shape index (κ3) is 3.91. The van der Waals surface area contributed by atoms with E-state index in [4.69, 9.17) is 0 Å². The van der Waals surface area contributed by atoms with Crippen LogP contribution in [0.3, 0.4) is 0 Å². The number of rotatable bonds is 1. The molecule has 0 aromatic heterocycles. The zero-order chi connectivity index (χ0) is 16.5. The fraction of sp³-hybridized carbons (Fsp3) is 0.650. The second kappa shape index (κ2) is 6.06. The number of amides is 1. The van der Waals surface area contributed by atoms with E-state index in [9.17, 15) is 4.79 Å². The van der Waals surface area contributed by atoms with Gasteiger partial charge in [0.15, 0.2) is 0 Å². The molecule has 0 radical (unpaired) electrons. The second-order valence-corrected chi connectivity index (χ2v) is 8.76. The molecule has 1 aromatic carbocycles. The van der Waals surface area contributed by atoms with Gasteiger partial charge < -0.3 is 4.90 Å². The lowest BCUT2D eigenvalue weighted by molar-refractivity contribution is 0.0608. The van der Waals surface area contributed by atoms with Crippen molar-refractivity contribution in [2.24, 2.45) is 11.3 Å². The van der Waals surface area contributed by atoms with Crippen LogP contribution in [0.15, 0.2) is 24.3 Å². The van der Waals surface area contributed by atoms with Crippen LogP contribution in [0.25, 0.3) is 0 Å². The van der Waals surface area contributed by atoms with Gasteiger partial charge in [0.05, 0.1) is 0 Å². The molecule has 0 atom stereocenters. The molecule has 1 aromatic rings. The monoisotopic (exact) mass is 301 g/mol. The maximum absolute atomic E-state index is 12.6. The average molecular weight is 301 g/mol. The smallest absolute Gasteiger partial charge is 0.253 e. The van der Waals surface area contributed by atoms with Crippen molar-refractivity contribution >= 4 is 5.91 Å². The Balaban J connectivity index is 2.01. The van der Waals surface area contributed by atoms with Crippen molar-refractivity contribution in [1.29, 1.82) is 0 Å². The molecule has 1 amide bonds. The SMILES string of the molecule is CC(C)(C)c1ccc(C(=O)N2CCC(C(C)(C)C)CC2)cc1. The lowest BCUT2D eigenvalue weighted by atomic mass is 9.75. The molecule has 0 saturated carbocycles. The Morgan fingerprint density at radius 3 is 1.86 bits per heavy atom. The van der Waals surface area contributed by atoms with Crippen molar-refractivity contribution in [1.82, 2.24) is 4.90 Å². The molecule has 1 aliphatic rings. The van der Waals surface area contributed by atoms with E-state index in [1.807, 2.05) is 17.0 Å². The molecule has 0 spiro atoms. The Morgan fingerprint density at radius 1 is 0.955 bits per heavy atom. The first-order valence-corrected chi connectivity index (χ1v) is 8.49. The molecule has 0 N–H and O–H groups in total. The Morgan fingerprint density at radius 2 is 1.45 bits per heavy atom. The second-order valence-electron chi connectivity index (χ2n) is 8.76. The summed E-state index contributed by atoms with van der Waals surface area (Å²) in [7, 11) is 0. The van der Waals surface area contributed by atoms with Crippen molar-refractivity contribution < 1.29 is 4.79 Å². The number of hydrogen-bond donors (Lipinski definition) is 0. The highest BCUT2D eigenvalue weighted by atomic mass is 16.2. The molecule has 2 heteroatoms. The highest BCUT2D eigenvalue weighted by molar-refractivity contribution is 5.94. The lowest BCUT2D eigenvalue weighted by Crippen LogP contribution is -2.41. The third-order valence-electron chi connectivity index (χ3n) is 5.00. The fourth-order valence-electron chi connectivity index (χ4n) is 3.24. The van der Waals surface area contributed by atoms with Crippen LogP contribution in [0.5, 0.6) is 0 Å². The summed E-state index contributed by atoms with van der Waals surface area (Å²) in [6.45, 7) is 15.3. The van der Waals surface area contributed by atoms with Crippen LogP contribution < -0.4 is 0 Å². The summed E-state index contributed by atoms with van der Waals surface area (Å²) in [6, 6.07) is 8.15. The molecule has 0 unspecified atom stereocenters. The number of hydrogen-bond acceptors (Lipinski definition) is 1. The van der Waals surface area contributed by atoms with Crippen molar-refractivity contribution in [3.63, 3.8) is 0 Å². The molecule has 122 valence electrons. The van der Waals surface area contributed by atoms with Crippen molar-refractivity contribution in [3.05, 3.63) is 35.4 Å². The predicted octanol–water partition coefficient (Wildman–Crippen LogP) is 4.88. The molecule has 0 aliphatic carbocycles. The summed E-state index contributed by atoms with van der Waals surface area (Å²) in [6.07, 6.45) is 2.24. The minimum absolute atomic E-state index is 0.132. The minimum atomic E-state index is 0.132. The van der Waals surface area contributed by atoms with Crippen LogP contribution >= 0.6 is 0 Å². The van der Waals surface area contributed by atoms with E-state index in [1.54, 1.807) is 0 Å². The number of likely N-dealkylation sites (tertiary alicyclic amines) is 1. The molecule has 2 rings (SSSR count). The number of piperidine rings is 1. The van der Waals surface area contributed by atoms with E-state index in [0.717, 1.165) is 37.4 Å². The minimum Gasteiger partial charge on any atom is -0.339 e. The molecular formula is C20H31NO. The van der Waals surface area contributed by atoms with Gasteiger partial charge in [-0.25, -0.2) is 0 Å². The summed E-state index contributed by atoms with van der Waals surface area (Å²) in [5, 5.41) is 0. The standard InChI is InChI=1S/C20H31NO/c1-19(2,3)16-9-7-15(8-10-16)18(22)21-13-11-17(12-14-21)20(4,5)6/h7-10,17H,11-14H2,1-6H3. The summed E-state index contributed by atoms with van der Waals surface area (Å²) >= 11 is 0. The Labute approximate surface area is 135 Å². The zero-order valence-electron chi connectivity index (χ0n) is 15.1. The molecule has 22 heavy (non-hydrogen) atoms. The van der Waals surface area contributed by atoms with Gasteiger partial charge in [0.1, 0.15) is 0 Å². The van der Waals surface area contributed by atoms with Gasteiger partial charge in [0.2, 0.25) is 0 Å². The Bertz CT molecular complexity index is 508. The molecule has 1 aliphatic heterocycles. The van der Waals surface area contributed by atoms with E-state index in [2.05, 4.69) is 53.7 Å².